The van der Waals surface area contributed by atoms with E-state index in [0.29, 0.717) is 12.2 Å². The van der Waals surface area contributed by atoms with Gasteiger partial charge in [0.05, 0.1) is 19.5 Å². The summed E-state index contributed by atoms with van der Waals surface area (Å²) in [6.07, 6.45) is -1.22. The van der Waals surface area contributed by atoms with E-state index in [4.69, 9.17) is 19.5 Å². The van der Waals surface area contributed by atoms with Crippen LogP contribution in [-0.2, 0) is 50.7 Å². The van der Waals surface area contributed by atoms with E-state index in [-0.39, 0.29) is 47.8 Å². The van der Waals surface area contributed by atoms with Crippen LogP contribution in [0.2, 0.25) is 0 Å². The second-order valence-corrected chi connectivity index (χ2v) is 18.8. The molecule has 7 atom stereocenters. The molecule has 1 aliphatic rings. The van der Waals surface area contributed by atoms with Crippen LogP contribution in [0.15, 0.2) is 12.7 Å². The van der Waals surface area contributed by atoms with Crippen molar-refractivity contribution >= 4 is 69.1 Å². The lowest BCUT2D eigenvalue weighted by molar-refractivity contribution is -0.137. The van der Waals surface area contributed by atoms with Crippen molar-refractivity contribution in [3.63, 3.8) is 0 Å². The van der Waals surface area contributed by atoms with Crippen LogP contribution in [0.3, 0.4) is 0 Å². The van der Waals surface area contributed by atoms with E-state index in [9.17, 15) is 57.9 Å². The summed E-state index contributed by atoms with van der Waals surface area (Å²) >= 11 is 1.13. The Balaban J connectivity index is 0.0000116. The highest BCUT2D eigenvalue weighted by Gasteiger charge is 2.50. The average molecular weight is 911 g/mol. The number of amides is 2. The Morgan fingerprint density at radius 1 is 1.00 bits per heavy atom. The zero-order valence-electron chi connectivity index (χ0n) is 32.0. The minimum atomic E-state index is -5.57. The van der Waals surface area contributed by atoms with Gasteiger partial charge in [-0.2, -0.15) is 4.31 Å². The number of phosphoric acid groups is 3. The number of aliphatic hydroxyl groups is 2. The number of unbranched alkanes of at least 4 members (excludes halogenated alkanes) is 4. The highest BCUT2D eigenvalue weighted by molar-refractivity contribution is 8.13. The molecule has 332 valence electrons. The Labute approximate surface area is 337 Å². The number of carbonyl (C=O) groups is 3. The number of hydrogen-bond acceptors (Lipinski definition) is 19. The highest BCUT2D eigenvalue weighted by Crippen LogP contribution is 2.61. The Hall–Kier alpha value is -2.48. The molecule has 0 bridgehead atoms. The predicted octanol–water partition coefficient (Wildman–Crippen LogP) is 1.19. The van der Waals surface area contributed by atoms with E-state index < -0.39 is 84.6 Å². The molecule has 58 heavy (non-hydrogen) atoms. The number of ether oxygens (including phenoxy) is 1. The fraction of sp³-hybridized carbons (Fsp3) is 0.724. The molecule has 0 saturated carbocycles. The number of imidazole rings is 1. The molecule has 25 nitrogen and oxygen atoms in total. The highest BCUT2D eigenvalue weighted by atomic mass is 32.2. The molecule has 13 N–H and O–H groups in total. The fourth-order valence-electron chi connectivity index (χ4n) is 5.24. The van der Waals surface area contributed by atoms with Gasteiger partial charge in [0, 0.05) is 37.1 Å². The number of aromatic nitrogens is 4. The van der Waals surface area contributed by atoms with Crippen molar-refractivity contribution in [1.82, 2.24) is 36.3 Å². The molecule has 1 fully saturated rings. The topological polar surface area (TPSA) is 399 Å². The molecule has 3 heterocycles. The molecule has 2 aromatic rings. The van der Waals surface area contributed by atoms with Crippen LogP contribution in [0, 0.1) is 5.41 Å². The summed E-state index contributed by atoms with van der Waals surface area (Å²) in [6, 6.07) is 0. The maximum atomic E-state index is 12.7. The second-order valence-electron chi connectivity index (χ2n) is 13.5. The molecule has 0 aliphatic carbocycles. The number of hydrogen-bond donors (Lipinski definition) is 10. The van der Waals surface area contributed by atoms with E-state index in [1.165, 1.54) is 13.8 Å². The zero-order chi connectivity index (χ0) is 42.6. The van der Waals surface area contributed by atoms with Crippen molar-refractivity contribution in [2.24, 2.45) is 5.41 Å². The summed E-state index contributed by atoms with van der Waals surface area (Å²) in [5.41, 5.74) is 4.27. The van der Waals surface area contributed by atoms with Crippen LogP contribution < -0.4 is 22.5 Å². The number of nitrogens with two attached hydrogens (primary N) is 1. The predicted molar refractivity (Wildman–Crippen MR) is 205 cm³/mol. The van der Waals surface area contributed by atoms with E-state index in [1.807, 2.05) is 0 Å². The Morgan fingerprint density at radius 3 is 2.34 bits per heavy atom. The maximum Gasteiger partial charge on any atom is 0.481 e. The van der Waals surface area contributed by atoms with Gasteiger partial charge in [-0.25, -0.2) is 28.6 Å². The number of aliphatic hydroxyl groups excluding tert-OH is 2. The SMILES string of the molecule is CCCCCCCC(=O)SCCNC(=O)CCNC(=O)C(O)C(C)(C)COP(=O)(O)OP(=O)(O)OCC1OC(n2cnc3c(N)ncnc32)C(O)C1OP(=O)(O)O.N. The van der Waals surface area contributed by atoms with Crippen molar-refractivity contribution in [2.45, 2.75) is 96.4 Å². The van der Waals surface area contributed by atoms with Gasteiger partial charge in [-0.3, -0.25) is 32.5 Å². The van der Waals surface area contributed by atoms with Crippen molar-refractivity contribution in [3.05, 3.63) is 12.7 Å². The molecule has 7 unspecified atom stereocenters. The summed E-state index contributed by atoms with van der Waals surface area (Å²) in [5, 5.41) is 26.5. The van der Waals surface area contributed by atoms with E-state index in [2.05, 4.69) is 41.3 Å². The van der Waals surface area contributed by atoms with Crippen molar-refractivity contribution in [3.8, 4) is 0 Å². The van der Waals surface area contributed by atoms with Gasteiger partial charge in [0.15, 0.2) is 22.8 Å². The van der Waals surface area contributed by atoms with E-state index >= 15 is 0 Å². The van der Waals surface area contributed by atoms with Crippen LogP contribution in [0.4, 0.5) is 5.82 Å². The molecular weight excluding hydrogens is 857 g/mol. The number of thioether (sulfide) groups is 1. The third-order valence-corrected chi connectivity index (χ3v) is 12.3. The van der Waals surface area contributed by atoms with Crippen molar-refractivity contribution in [2.75, 3.05) is 37.8 Å². The van der Waals surface area contributed by atoms with Crippen molar-refractivity contribution in [1.29, 1.82) is 0 Å². The molecule has 1 aliphatic heterocycles. The van der Waals surface area contributed by atoms with Crippen LogP contribution in [0.5, 0.6) is 0 Å². The number of anilines is 1. The van der Waals surface area contributed by atoms with Crippen LogP contribution >= 0.6 is 35.2 Å². The number of rotatable bonds is 25. The minimum Gasteiger partial charge on any atom is -0.386 e. The van der Waals surface area contributed by atoms with Gasteiger partial charge in [-0.05, 0) is 6.42 Å². The molecule has 0 radical (unpaired) electrons. The summed E-state index contributed by atoms with van der Waals surface area (Å²) < 4.78 is 62.1. The van der Waals surface area contributed by atoms with Crippen LogP contribution in [-0.4, -0.2) is 123 Å². The molecular formula is C29H53N8O17P3S. The molecule has 0 aromatic carbocycles. The molecule has 2 amide bonds. The van der Waals surface area contributed by atoms with Crippen LogP contribution in [0.1, 0.15) is 71.9 Å². The lowest BCUT2D eigenvalue weighted by Gasteiger charge is -2.30. The normalized spacial score (nSPS) is 21.1. The van der Waals surface area contributed by atoms with Gasteiger partial charge in [-0.15, -0.1) is 0 Å². The minimum absolute atomic E-state index is 0. The fourth-order valence-corrected chi connectivity index (χ4v) is 8.79. The lowest BCUT2D eigenvalue weighted by Crippen LogP contribution is -2.46. The van der Waals surface area contributed by atoms with Gasteiger partial charge in [0.25, 0.3) is 0 Å². The van der Waals surface area contributed by atoms with E-state index in [1.54, 1.807) is 0 Å². The number of carbonyl (C=O) groups excluding carboxylic acids is 3. The third-order valence-electron chi connectivity index (χ3n) is 8.25. The van der Waals surface area contributed by atoms with Crippen LogP contribution in [0.25, 0.3) is 11.2 Å². The van der Waals surface area contributed by atoms with Gasteiger partial charge < -0.3 is 57.0 Å². The maximum absolute atomic E-state index is 12.7. The molecule has 0 spiro atoms. The number of fused-ring (bicyclic) bond motifs is 1. The summed E-state index contributed by atoms with van der Waals surface area (Å²) in [7, 11) is -16.4. The monoisotopic (exact) mass is 910 g/mol. The zero-order valence-corrected chi connectivity index (χ0v) is 35.5. The molecule has 2 aromatic heterocycles. The number of nitrogens with zero attached hydrogens (tertiary/aromatic N) is 4. The quantitative estimate of drug-likeness (QED) is 0.0494. The first-order valence-electron chi connectivity index (χ1n) is 17.6. The van der Waals surface area contributed by atoms with Gasteiger partial charge in [0.1, 0.15) is 36.3 Å². The lowest BCUT2D eigenvalue weighted by atomic mass is 9.87. The largest absolute Gasteiger partial charge is 0.481 e. The standard InChI is InChI=1S/C29H50N7O17P3S.H3N/c1-4-5-6-7-8-9-20(38)57-13-12-31-19(37)10-11-32-27(41)24(40)29(2,3)15-50-56(47,48)53-55(45,46)49-14-18-23(52-54(42,43)44)22(39)28(51-18)36-17-35-21-25(30)33-16-34-26(21)36;/h16-18,22-24,28,39-40H,4-15H2,1-3H3,(H,31,37)(H,32,41)(H,45,46)(H,47,48)(H2,30,33,34)(H2,42,43,44);1H3. The third kappa shape index (κ3) is 16.5. The number of nitrogen functional groups attached to an aromatic ring is 1. The molecule has 1 saturated heterocycles. The number of nitrogens with one attached hydrogen (secondary N) is 2. The first-order valence-corrected chi connectivity index (χ1v) is 23.1. The Bertz CT molecular complexity index is 1820. The smallest absolute Gasteiger partial charge is 0.386 e. The van der Waals surface area contributed by atoms with Gasteiger partial charge in [0.2, 0.25) is 11.8 Å². The number of phosphoric ester groups is 3. The van der Waals surface area contributed by atoms with E-state index in [0.717, 1.165) is 61.1 Å². The van der Waals surface area contributed by atoms with Gasteiger partial charge in [-0.1, -0.05) is 58.2 Å². The Morgan fingerprint density at radius 2 is 1.67 bits per heavy atom. The summed E-state index contributed by atoms with van der Waals surface area (Å²) in [4.78, 5) is 87.6. The Kier molecular flexibility index (Phi) is 20.4. The summed E-state index contributed by atoms with van der Waals surface area (Å²) in [5.74, 6) is -1.03. The second kappa shape index (κ2) is 22.9. The average Bonchev–Trinajstić information content (AvgIpc) is 3.68. The molecule has 29 heteroatoms. The first-order chi connectivity index (χ1) is 26.6. The first kappa shape index (κ1) is 51.7. The van der Waals surface area contributed by atoms with Gasteiger partial charge >= 0.3 is 23.5 Å². The molecule has 3 rings (SSSR count). The summed E-state index contributed by atoms with van der Waals surface area (Å²) in [6.45, 7) is 2.67. The van der Waals surface area contributed by atoms with Crippen molar-refractivity contribution < 1.29 is 80.5 Å².